The van der Waals surface area contributed by atoms with Crippen molar-refractivity contribution in [2.75, 3.05) is 31.1 Å². The van der Waals surface area contributed by atoms with E-state index in [4.69, 9.17) is 4.74 Å². The minimum absolute atomic E-state index is 0.228. The molecule has 1 aromatic rings. The smallest absolute Gasteiger partial charge is 0.410 e. The topological polar surface area (TPSA) is 53.0 Å². The Morgan fingerprint density at radius 1 is 1.24 bits per heavy atom. The fourth-order valence-electron chi connectivity index (χ4n) is 2.17. The molecular weight excluding hydrogens is 336 g/mol. The van der Waals surface area contributed by atoms with E-state index < -0.39 is 5.60 Å². The normalized spacial score (nSPS) is 16.0. The van der Waals surface area contributed by atoms with Crippen LogP contribution in [-0.4, -0.2) is 47.9 Å². The third-order valence-electron chi connectivity index (χ3n) is 3.23. The first-order chi connectivity index (χ1) is 9.76. The van der Waals surface area contributed by atoms with Crippen LogP contribution in [0.15, 0.2) is 22.7 Å². The van der Waals surface area contributed by atoms with Crippen LogP contribution < -0.4 is 4.90 Å². The van der Waals surface area contributed by atoms with Crippen LogP contribution in [0.1, 0.15) is 20.8 Å². The number of benzene rings is 1. The number of hydrogen-bond donors (Lipinski definition) is 1. The Kier molecular flexibility index (Phi) is 4.66. The minimum atomic E-state index is -0.462. The fourth-order valence-corrected chi connectivity index (χ4v) is 2.53. The lowest BCUT2D eigenvalue weighted by Gasteiger charge is -2.36. The van der Waals surface area contributed by atoms with Crippen LogP contribution in [0.3, 0.4) is 0 Å². The van der Waals surface area contributed by atoms with E-state index in [0.717, 1.165) is 18.8 Å². The summed E-state index contributed by atoms with van der Waals surface area (Å²) in [6.07, 6.45) is -0.256. The average Bonchev–Trinajstić information content (AvgIpc) is 2.40. The molecule has 1 aromatic carbocycles. The number of anilines is 1. The first kappa shape index (κ1) is 15.9. The second-order valence-corrected chi connectivity index (χ2v) is 6.94. The second kappa shape index (κ2) is 6.13. The van der Waals surface area contributed by atoms with Crippen LogP contribution >= 0.6 is 15.9 Å². The van der Waals surface area contributed by atoms with Gasteiger partial charge in [-0.3, -0.25) is 0 Å². The summed E-state index contributed by atoms with van der Waals surface area (Å²) >= 11 is 3.32. The first-order valence-electron chi connectivity index (χ1n) is 6.98. The molecule has 5 nitrogen and oxygen atoms in total. The molecule has 2 rings (SSSR count). The molecule has 0 aliphatic carbocycles. The largest absolute Gasteiger partial charge is 0.507 e. The molecule has 1 saturated heterocycles. The van der Waals surface area contributed by atoms with Gasteiger partial charge in [0.2, 0.25) is 0 Å². The summed E-state index contributed by atoms with van der Waals surface area (Å²) in [7, 11) is 0. The molecule has 1 fully saturated rings. The fraction of sp³-hybridized carbons (Fsp3) is 0.533. The van der Waals surface area contributed by atoms with Crippen molar-refractivity contribution in [3.05, 3.63) is 22.7 Å². The number of phenolic OH excluding ortho intramolecular Hbond substituents is 1. The van der Waals surface area contributed by atoms with Crippen molar-refractivity contribution in [3.63, 3.8) is 0 Å². The van der Waals surface area contributed by atoms with Crippen LogP contribution in [0.4, 0.5) is 10.5 Å². The maximum Gasteiger partial charge on any atom is 0.410 e. The number of amides is 1. The predicted octanol–water partition coefficient (Wildman–Crippen LogP) is 3.21. The summed E-state index contributed by atoms with van der Waals surface area (Å²) in [5, 5.41) is 9.53. The Hall–Kier alpha value is -1.43. The van der Waals surface area contributed by atoms with Crippen molar-refractivity contribution < 1.29 is 14.6 Å². The van der Waals surface area contributed by atoms with E-state index in [1.165, 1.54) is 0 Å². The van der Waals surface area contributed by atoms with Crippen molar-refractivity contribution in [3.8, 4) is 5.75 Å². The molecule has 1 N–H and O–H groups in total. The van der Waals surface area contributed by atoms with Gasteiger partial charge in [0.15, 0.2) is 0 Å². The molecule has 21 heavy (non-hydrogen) atoms. The highest BCUT2D eigenvalue weighted by Gasteiger charge is 2.26. The van der Waals surface area contributed by atoms with Gasteiger partial charge in [-0.2, -0.15) is 0 Å². The van der Waals surface area contributed by atoms with E-state index in [1.54, 1.807) is 11.0 Å². The lowest BCUT2D eigenvalue weighted by molar-refractivity contribution is 0.0240. The van der Waals surface area contributed by atoms with Crippen LogP contribution in [-0.2, 0) is 4.74 Å². The van der Waals surface area contributed by atoms with Gasteiger partial charge in [0.05, 0.1) is 4.47 Å². The third-order valence-corrected chi connectivity index (χ3v) is 3.86. The quantitative estimate of drug-likeness (QED) is 0.839. The van der Waals surface area contributed by atoms with Gasteiger partial charge in [-0.1, -0.05) is 0 Å². The monoisotopic (exact) mass is 356 g/mol. The summed E-state index contributed by atoms with van der Waals surface area (Å²) in [4.78, 5) is 15.9. The van der Waals surface area contributed by atoms with E-state index in [0.29, 0.717) is 17.6 Å². The van der Waals surface area contributed by atoms with Gasteiger partial charge in [0.1, 0.15) is 11.4 Å². The van der Waals surface area contributed by atoms with Gasteiger partial charge in [0, 0.05) is 31.9 Å². The van der Waals surface area contributed by atoms with Crippen molar-refractivity contribution in [2.24, 2.45) is 0 Å². The van der Waals surface area contributed by atoms with Crippen LogP contribution in [0, 0.1) is 0 Å². The SMILES string of the molecule is CC(C)(C)OC(=O)N1CCN(c2ccc(O)c(Br)c2)CC1. The van der Waals surface area contributed by atoms with Crippen molar-refractivity contribution in [1.82, 2.24) is 4.90 Å². The number of halogens is 1. The molecule has 0 spiro atoms. The van der Waals surface area contributed by atoms with Gasteiger partial charge in [-0.05, 0) is 54.9 Å². The highest BCUT2D eigenvalue weighted by Crippen LogP contribution is 2.29. The Morgan fingerprint density at radius 2 is 1.86 bits per heavy atom. The number of hydrogen-bond acceptors (Lipinski definition) is 4. The van der Waals surface area contributed by atoms with Crippen LogP contribution in [0.2, 0.25) is 0 Å². The Bertz CT molecular complexity index is 520. The molecule has 0 aromatic heterocycles. The third kappa shape index (κ3) is 4.27. The summed E-state index contributed by atoms with van der Waals surface area (Å²) in [5.74, 6) is 0.228. The van der Waals surface area contributed by atoms with E-state index in [-0.39, 0.29) is 11.8 Å². The lowest BCUT2D eigenvalue weighted by Crippen LogP contribution is -2.50. The van der Waals surface area contributed by atoms with Crippen molar-refractivity contribution >= 4 is 27.7 Å². The zero-order valence-corrected chi connectivity index (χ0v) is 14.2. The van der Waals surface area contributed by atoms with E-state index in [1.807, 2.05) is 32.9 Å². The van der Waals surface area contributed by atoms with Crippen molar-refractivity contribution in [1.29, 1.82) is 0 Å². The van der Waals surface area contributed by atoms with E-state index >= 15 is 0 Å². The van der Waals surface area contributed by atoms with Gasteiger partial charge in [0.25, 0.3) is 0 Å². The molecule has 1 aliphatic heterocycles. The number of piperazine rings is 1. The van der Waals surface area contributed by atoms with E-state index in [2.05, 4.69) is 20.8 Å². The predicted molar refractivity (Wildman–Crippen MR) is 85.8 cm³/mol. The molecule has 0 saturated carbocycles. The van der Waals surface area contributed by atoms with Gasteiger partial charge in [-0.15, -0.1) is 0 Å². The number of phenols is 1. The molecule has 0 bridgehead atoms. The Labute approximate surface area is 133 Å². The van der Waals surface area contributed by atoms with E-state index in [9.17, 15) is 9.90 Å². The maximum atomic E-state index is 12.0. The second-order valence-electron chi connectivity index (χ2n) is 6.09. The molecule has 1 aliphatic rings. The zero-order chi connectivity index (χ0) is 15.6. The number of nitrogens with zero attached hydrogens (tertiary/aromatic N) is 2. The molecule has 1 amide bonds. The highest BCUT2D eigenvalue weighted by atomic mass is 79.9. The first-order valence-corrected chi connectivity index (χ1v) is 7.77. The van der Waals surface area contributed by atoms with Gasteiger partial charge in [-0.25, -0.2) is 4.79 Å². The lowest BCUT2D eigenvalue weighted by atomic mass is 10.2. The standard InChI is InChI=1S/C15H21BrN2O3/c1-15(2,3)21-14(20)18-8-6-17(7-9-18)11-4-5-13(19)12(16)10-11/h4-5,10,19H,6-9H2,1-3H3. The molecule has 1 heterocycles. The summed E-state index contributed by atoms with van der Waals surface area (Å²) in [5.41, 5.74) is 0.569. The summed E-state index contributed by atoms with van der Waals surface area (Å²) < 4.78 is 6.06. The average molecular weight is 357 g/mol. The number of aromatic hydroxyl groups is 1. The molecular formula is C15H21BrN2O3. The van der Waals surface area contributed by atoms with Crippen LogP contribution in [0.25, 0.3) is 0 Å². The highest BCUT2D eigenvalue weighted by molar-refractivity contribution is 9.10. The molecule has 6 heteroatoms. The van der Waals surface area contributed by atoms with Crippen LogP contribution in [0.5, 0.6) is 5.75 Å². The molecule has 0 radical (unpaired) electrons. The van der Waals surface area contributed by atoms with Gasteiger partial charge >= 0.3 is 6.09 Å². The molecule has 0 atom stereocenters. The molecule has 0 unspecified atom stereocenters. The van der Waals surface area contributed by atoms with Gasteiger partial charge < -0.3 is 19.6 Å². The van der Waals surface area contributed by atoms with Crippen molar-refractivity contribution in [2.45, 2.75) is 26.4 Å². The number of carbonyl (C=O) groups excluding carboxylic acids is 1. The maximum absolute atomic E-state index is 12.0. The minimum Gasteiger partial charge on any atom is -0.507 e. The number of carbonyl (C=O) groups is 1. The Balaban J connectivity index is 1.94. The zero-order valence-electron chi connectivity index (χ0n) is 12.6. The number of rotatable bonds is 1. The Morgan fingerprint density at radius 3 is 2.38 bits per heavy atom. The summed E-state index contributed by atoms with van der Waals surface area (Å²) in [6, 6.07) is 5.43. The molecule has 116 valence electrons. The number of ether oxygens (including phenoxy) is 1. The summed E-state index contributed by atoms with van der Waals surface area (Å²) in [6.45, 7) is 8.37.